The Morgan fingerprint density at radius 2 is 1.70 bits per heavy atom. The number of anilines is 1. The lowest BCUT2D eigenvalue weighted by molar-refractivity contribution is -0.385. The van der Waals surface area contributed by atoms with E-state index in [0.717, 1.165) is 10.4 Å². The van der Waals surface area contributed by atoms with Crippen molar-refractivity contribution in [1.29, 1.82) is 0 Å². The van der Waals surface area contributed by atoms with Gasteiger partial charge in [0.15, 0.2) is 0 Å². The fourth-order valence-corrected chi connectivity index (χ4v) is 6.25. The third kappa shape index (κ3) is 7.88. The number of halogens is 3. The van der Waals surface area contributed by atoms with Crippen LogP contribution in [-0.2, 0) is 26.2 Å². The molecule has 3 rings (SSSR count). The van der Waals surface area contributed by atoms with Gasteiger partial charge in [-0.05, 0) is 62.7 Å². The molecular formula is C28H29Cl3N4O7S. The molecule has 3 aromatic rings. The van der Waals surface area contributed by atoms with Crippen molar-refractivity contribution in [2.75, 3.05) is 24.5 Å². The SMILES string of the molecule is CCNC(=O)[C@H](C)N(Cc1ccc(Cl)cc1Cl)C(=O)CN(c1cc(Cl)ccc1OC)S(=O)(=O)c1ccc(C)c([N+](=O)[O-])c1. The van der Waals surface area contributed by atoms with E-state index in [4.69, 9.17) is 39.5 Å². The van der Waals surface area contributed by atoms with Gasteiger partial charge in [0.05, 0.1) is 22.6 Å². The van der Waals surface area contributed by atoms with Crippen molar-refractivity contribution in [3.05, 3.63) is 90.9 Å². The summed E-state index contributed by atoms with van der Waals surface area (Å²) in [5.41, 5.74) is 0.184. The number of nitro benzene ring substituents is 1. The number of methoxy groups -OCH3 is 1. The Kier molecular flexibility index (Phi) is 11.2. The summed E-state index contributed by atoms with van der Waals surface area (Å²) < 4.78 is 34.4. The topological polar surface area (TPSA) is 139 Å². The van der Waals surface area contributed by atoms with Crippen molar-refractivity contribution in [3.8, 4) is 5.75 Å². The lowest BCUT2D eigenvalue weighted by atomic mass is 10.1. The normalized spacial score (nSPS) is 11.9. The number of nitrogens with zero attached hydrogens (tertiary/aromatic N) is 3. The van der Waals surface area contributed by atoms with E-state index in [1.807, 2.05) is 0 Å². The second-order valence-corrected chi connectivity index (χ2v) is 12.5. The Balaban J connectivity index is 2.18. The molecule has 0 aliphatic carbocycles. The number of aryl methyl sites for hydroxylation is 1. The Morgan fingerprint density at radius 3 is 2.30 bits per heavy atom. The zero-order valence-corrected chi connectivity index (χ0v) is 26.7. The fraction of sp³-hybridized carbons (Fsp3) is 0.286. The molecule has 11 nitrogen and oxygen atoms in total. The predicted octanol–water partition coefficient (Wildman–Crippen LogP) is 5.62. The minimum Gasteiger partial charge on any atom is -0.495 e. The highest BCUT2D eigenvalue weighted by Gasteiger charge is 2.35. The molecule has 1 N–H and O–H groups in total. The Hall–Kier alpha value is -3.58. The maximum atomic E-state index is 14.1. The smallest absolute Gasteiger partial charge is 0.273 e. The summed E-state index contributed by atoms with van der Waals surface area (Å²) in [6.07, 6.45) is 0. The third-order valence-corrected chi connectivity index (χ3v) is 9.11. The van der Waals surface area contributed by atoms with Crippen LogP contribution in [0, 0.1) is 17.0 Å². The van der Waals surface area contributed by atoms with Gasteiger partial charge in [0.2, 0.25) is 11.8 Å². The van der Waals surface area contributed by atoms with Crippen LogP contribution < -0.4 is 14.4 Å². The molecular weight excluding hydrogens is 643 g/mol. The standard InChI is InChI=1S/C28H29Cl3N4O7S/c1-5-32-28(37)18(3)33(15-19-7-8-20(29)12-23(19)31)27(36)16-34(25-13-21(30)9-11-26(25)42-4)43(40,41)22-10-6-17(2)24(14-22)35(38)39/h6-14,18H,5,15-16H2,1-4H3,(H,32,37)/t18-/m0/s1. The summed E-state index contributed by atoms with van der Waals surface area (Å²) in [7, 11) is -3.34. The van der Waals surface area contributed by atoms with Crippen LogP contribution in [0.1, 0.15) is 25.0 Å². The van der Waals surface area contributed by atoms with E-state index in [-0.39, 0.29) is 33.6 Å². The molecule has 0 unspecified atom stereocenters. The largest absolute Gasteiger partial charge is 0.495 e. The van der Waals surface area contributed by atoms with Gasteiger partial charge in [0.1, 0.15) is 18.3 Å². The molecule has 0 spiro atoms. The second kappa shape index (κ2) is 14.3. The molecule has 0 aliphatic rings. The van der Waals surface area contributed by atoms with Gasteiger partial charge in [-0.15, -0.1) is 0 Å². The van der Waals surface area contributed by atoms with E-state index in [0.29, 0.717) is 17.1 Å². The highest BCUT2D eigenvalue weighted by atomic mass is 35.5. The van der Waals surface area contributed by atoms with E-state index in [1.165, 1.54) is 62.3 Å². The average Bonchev–Trinajstić information content (AvgIpc) is 2.95. The van der Waals surface area contributed by atoms with Crippen LogP contribution in [0.2, 0.25) is 15.1 Å². The maximum Gasteiger partial charge on any atom is 0.273 e. The summed E-state index contributed by atoms with van der Waals surface area (Å²) in [5.74, 6) is -1.20. The lowest BCUT2D eigenvalue weighted by Gasteiger charge is -2.32. The fourth-order valence-electron chi connectivity index (χ4n) is 4.18. The van der Waals surface area contributed by atoms with Crippen LogP contribution in [0.5, 0.6) is 5.75 Å². The molecule has 3 aromatic carbocycles. The number of ether oxygens (including phenoxy) is 1. The second-order valence-electron chi connectivity index (χ2n) is 9.36. The molecule has 0 saturated heterocycles. The predicted molar refractivity (Wildman–Crippen MR) is 166 cm³/mol. The van der Waals surface area contributed by atoms with Gasteiger partial charge in [0.25, 0.3) is 15.7 Å². The molecule has 0 saturated carbocycles. The molecule has 0 aromatic heterocycles. The monoisotopic (exact) mass is 670 g/mol. The molecule has 0 aliphatic heterocycles. The van der Waals surface area contributed by atoms with Crippen LogP contribution in [-0.4, -0.2) is 56.3 Å². The molecule has 0 heterocycles. The Morgan fingerprint density at radius 1 is 1.05 bits per heavy atom. The maximum absolute atomic E-state index is 14.1. The average molecular weight is 672 g/mol. The molecule has 0 fully saturated rings. The summed E-state index contributed by atoms with van der Waals surface area (Å²) in [6, 6.07) is 11.2. The molecule has 2 amide bonds. The van der Waals surface area contributed by atoms with Crippen LogP contribution in [0.3, 0.4) is 0 Å². The first-order chi connectivity index (χ1) is 20.2. The van der Waals surface area contributed by atoms with Crippen LogP contribution in [0.25, 0.3) is 0 Å². The van der Waals surface area contributed by atoms with Gasteiger partial charge in [-0.3, -0.25) is 24.0 Å². The highest BCUT2D eigenvalue weighted by molar-refractivity contribution is 7.92. The Bertz CT molecular complexity index is 1650. The lowest BCUT2D eigenvalue weighted by Crippen LogP contribution is -2.51. The van der Waals surface area contributed by atoms with E-state index in [1.54, 1.807) is 19.1 Å². The molecule has 43 heavy (non-hydrogen) atoms. The number of hydrogen-bond acceptors (Lipinski definition) is 7. The van der Waals surface area contributed by atoms with Crippen LogP contribution >= 0.6 is 34.8 Å². The summed E-state index contributed by atoms with van der Waals surface area (Å²) >= 11 is 18.6. The quantitative estimate of drug-likeness (QED) is 0.195. The van der Waals surface area contributed by atoms with Crippen molar-refractivity contribution in [1.82, 2.24) is 10.2 Å². The first-order valence-electron chi connectivity index (χ1n) is 12.8. The highest BCUT2D eigenvalue weighted by Crippen LogP contribution is 2.36. The number of rotatable bonds is 12. The van der Waals surface area contributed by atoms with Crippen molar-refractivity contribution in [2.45, 2.75) is 38.3 Å². The minimum absolute atomic E-state index is 0.0615. The number of carbonyl (C=O) groups is 2. The Labute approximate surface area is 264 Å². The van der Waals surface area contributed by atoms with Gasteiger partial charge >= 0.3 is 0 Å². The number of sulfonamides is 1. The van der Waals surface area contributed by atoms with Crippen molar-refractivity contribution >= 4 is 68.0 Å². The van der Waals surface area contributed by atoms with E-state index < -0.39 is 49.9 Å². The number of nitrogens with one attached hydrogen (secondary N) is 1. The van der Waals surface area contributed by atoms with Crippen molar-refractivity contribution in [3.63, 3.8) is 0 Å². The van der Waals surface area contributed by atoms with Gasteiger partial charge in [0, 0.05) is 39.8 Å². The number of carbonyl (C=O) groups excluding carboxylic acids is 2. The van der Waals surface area contributed by atoms with Gasteiger partial charge in [-0.2, -0.15) is 0 Å². The molecule has 1 atom stereocenters. The number of benzene rings is 3. The van der Waals surface area contributed by atoms with E-state index >= 15 is 0 Å². The molecule has 230 valence electrons. The van der Waals surface area contributed by atoms with Gasteiger partial charge < -0.3 is 15.0 Å². The number of amides is 2. The first-order valence-corrected chi connectivity index (χ1v) is 15.4. The zero-order chi connectivity index (χ0) is 32.1. The summed E-state index contributed by atoms with van der Waals surface area (Å²) in [4.78, 5) is 38.6. The number of hydrogen-bond donors (Lipinski definition) is 1. The third-order valence-electron chi connectivity index (χ3n) is 6.53. The van der Waals surface area contributed by atoms with Crippen LogP contribution in [0.15, 0.2) is 59.5 Å². The molecule has 0 bridgehead atoms. The zero-order valence-electron chi connectivity index (χ0n) is 23.6. The molecule has 15 heteroatoms. The summed E-state index contributed by atoms with van der Waals surface area (Å²) in [5, 5.41) is 15.0. The minimum atomic E-state index is -4.65. The number of nitro groups is 1. The van der Waals surface area contributed by atoms with Gasteiger partial charge in [-0.25, -0.2) is 8.42 Å². The van der Waals surface area contributed by atoms with Crippen molar-refractivity contribution < 1.29 is 27.7 Å². The molecule has 0 radical (unpaired) electrons. The number of likely N-dealkylation sites (N-methyl/N-ethyl adjacent to an activating group) is 1. The van der Waals surface area contributed by atoms with E-state index in [2.05, 4.69) is 5.32 Å². The first kappa shape index (κ1) is 33.9. The van der Waals surface area contributed by atoms with E-state index in [9.17, 15) is 28.1 Å². The van der Waals surface area contributed by atoms with Crippen molar-refractivity contribution in [2.24, 2.45) is 0 Å². The van der Waals surface area contributed by atoms with Gasteiger partial charge in [-0.1, -0.05) is 46.9 Å². The summed E-state index contributed by atoms with van der Waals surface area (Å²) in [6.45, 7) is 3.99. The van der Waals surface area contributed by atoms with Crippen LogP contribution in [0.4, 0.5) is 11.4 Å².